The fourth-order valence-electron chi connectivity index (χ4n) is 2.94. The van der Waals surface area contributed by atoms with Crippen LogP contribution in [0, 0.1) is 11.8 Å². The Hall–Kier alpha value is -0.910. The summed E-state index contributed by atoms with van der Waals surface area (Å²) in [7, 11) is 0. The Bertz CT molecular complexity index is 328. The highest BCUT2D eigenvalue weighted by Gasteiger charge is 2.26. The number of carboxylic acid groups (broad SMARTS) is 1. The maximum atomic E-state index is 11.9. The molecule has 0 bridgehead atoms. The molecule has 5 nitrogen and oxygen atoms in total. The van der Waals surface area contributed by atoms with E-state index in [1.165, 1.54) is 6.42 Å². The minimum atomic E-state index is -0.973. The first kappa shape index (κ1) is 17.1. The van der Waals surface area contributed by atoms with Gasteiger partial charge in [0.2, 0.25) is 0 Å². The molecule has 1 aliphatic rings. The van der Waals surface area contributed by atoms with Crippen molar-refractivity contribution >= 4 is 23.8 Å². The number of hydrogen-bond acceptors (Lipinski definition) is 3. The molecule has 0 saturated heterocycles. The van der Waals surface area contributed by atoms with Gasteiger partial charge in [-0.1, -0.05) is 13.8 Å². The number of thioether (sulfide) groups is 1. The van der Waals surface area contributed by atoms with E-state index >= 15 is 0 Å². The van der Waals surface area contributed by atoms with E-state index in [9.17, 15) is 9.59 Å². The second kappa shape index (κ2) is 8.39. The Morgan fingerprint density at radius 1 is 1.25 bits per heavy atom. The number of carbonyl (C=O) groups is 2. The Morgan fingerprint density at radius 3 is 2.35 bits per heavy atom. The van der Waals surface area contributed by atoms with Crippen LogP contribution in [0.4, 0.5) is 4.79 Å². The molecule has 3 atom stereocenters. The average molecular weight is 302 g/mol. The van der Waals surface area contributed by atoms with Crippen LogP contribution in [-0.4, -0.2) is 41.2 Å². The van der Waals surface area contributed by atoms with Gasteiger partial charge in [0.15, 0.2) is 0 Å². The minimum Gasteiger partial charge on any atom is -0.480 e. The molecule has 1 rings (SSSR count). The predicted molar refractivity (Wildman–Crippen MR) is 82.1 cm³/mol. The molecule has 0 radical (unpaired) electrons. The first-order valence-corrected chi connectivity index (χ1v) is 8.60. The normalized spacial score (nSPS) is 27.6. The summed E-state index contributed by atoms with van der Waals surface area (Å²) >= 11 is 1.58. The second-order valence-corrected chi connectivity index (χ2v) is 6.89. The molecular formula is C14H26N2O3S. The van der Waals surface area contributed by atoms with Crippen LogP contribution in [-0.2, 0) is 4.79 Å². The number of hydrogen-bond donors (Lipinski definition) is 3. The van der Waals surface area contributed by atoms with Crippen LogP contribution < -0.4 is 10.6 Å². The Labute approximate surface area is 125 Å². The van der Waals surface area contributed by atoms with E-state index in [1.54, 1.807) is 11.8 Å². The zero-order chi connectivity index (χ0) is 15.1. The summed E-state index contributed by atoms with van der Waals surface area (Å²) in [5.74, 6) is 0.959. The molecule has 1 saturated carbocycles. The van der Waals surface area contributed by atoms with Crippen molar-refractivity contribution in [1.29, 1.82) is 0 Å². The van der Waals surface area contributed by atoms with Crippen LogP contribution in [0.15, 0.2) is 0 Å². The van der Waals surface area contributed by atoms with Gasteiger partial charge in [-0.05, 0) is 49.5 Å². The van der Waals surface area contributed by atoms with Crippen LogP contribution in [0.3, 0.4) is 0 Å². The summed E-state index contributed by atoms with van der Waals surface area (Å²) in [5, 5.41) is 14.6. The number of nitrogens with one attached hydrogen (secondary N) is 2. The predicted octanol–water partition coefficient (Wildman–Crippen LogP) is 2.32. The highest BCUT2D eigenvalue weighted by Crippen LogP contribution is 2.28. The molecule has 6 heteroatoms. The Kier molecular flexibility index (Phi) is 7.19. The molecule has 0 aromatic rings. The van der Waals surface area contributed by atoms with E-state index in [4.69, 9.17) is 5.11 Å². The summed E-state index contributed by atoms with van der Waals surface area (Å²) in [6, 6.07) is -1.01. The smallest absolute Gasteiger partial charge is 0.326 e. The van der Waals surface area contributed by atoms with E-state index < -0.39 is 12.0 Å². The number of carboxylic acids is 1. The molecule has 0 spiro atoms. The number of rotatable bonds is 6. The lowest BCUT2D eigenvalue weighted by Gasteiger charge is -2.32. The van der Waals surface area contributed by atoms with E-state index in [0.29, 0.717) is 18.3 Å². The zero-order valence-electron chi connectivity index (χ0n) is 12.5. The molecule has 0 aromatic heterocycles. The standard InChI is InChI=1S/C14H26N2O3S/c1-9-6-10(2)8-11(7-9)15-14(19)16-12(13(17)18)4-5-20-3/h9-12H,4-8H2,1-3H3,(H,17,18)(H2,15,16,19)/t9?,10?,11?,12-/m0/s1. The van der Waals surface area contributed by atoms with Gasteiger partial charge in [0.05, 0.1) is 0 Å². The monoisotopic (exact) mass is 302 g/mol. The van der Waals surface area contributed by atoms with Crippen LogP contribution in [0.2, 0.25) is 0 Å². The van der Waals surface area contributed by atoms with Crippen molar-refractivity contribution in [3.8, 4) is 0 Å². The molecule has 20 heavy (non-hydrogen) atoms. The Balaban J connectivity index is 2.42. The highest BCUT2D eigenvalue weighted by molar-refractivity contribution is 7.98. The van der Waals surface area contributed by atoms with Gasteiger partial charge in [0.25, 0.3) is 0 Å². The first-order chi connectivity index (χ1) is 9.42. The quantitative estimate of drug-likeness (QED) is 0.703. The third kappa shape index (κ3) is 6.03. The van der Waals surface area contributed by atoms with Crippen LogP contribution >= 0.6 is 11.8 Å². The van der Waals surface area contributed by atoms with Gasteiger partial charge in [0, 0.05) is 6.04 Å². The van der Waals surface area contributed by atoms with Gasteiger partial charge in [-0.3, -0.25) is 0 Å². The molecule has 0 aromatic carbocycles. The molecule has 116 valence electrons. The van der Waals surface area contributed by atoms with Crippen molar-refractivity contribution < 1.29 is 14.7 Å². The summed E-state index contributed by atoms with van der Waals surface area (Å²) in [4.78, 5) is 23.0. The second-order valence-electron chi connectivity index (χ2n) is 5.90. The lowest BCUT2D eigenvalue weighted by Crippen LogP contribution is -2.50. The average Bonchev–Trinajstić information content (AvgIpc) is 2.32. The van der Waals surface area contributed by atoms with E-state index in [2.05, 4.69) is 24.5 Å². The molecule has 0 heterocycles. The lowest BCUT2D eigenvalue weighted by atomic mass is 9.80. The van der Waals surface area contributed by atoms with Gasteiger partial charge in [-0.2, -0.15) is 11.8 Å². The number of urea groups is 1. The number of carbonyl (C=O) groups excluding carboxylic acids is 1. The van der Waals surface area contributed by atoms with E-state index in [1.807, 2.05) is 6.26 Å². The van der Waals surface area contributed by atoms with Crippen molar-refractivity contribution in [3.05, 3.63) is 0 Å². The summed E-state index contributed by atoms with van der Waals surface area (Å²) in [6.45, 7) is 4.39. The van der Waals surface area contributed by atoms with Crippen molar-refractivity contribution in [2.75, 3.05) is 12.0 Å². The summed E-state index contributed by atoms with van der Waals surface area (Å²) in [5.41, 5.74) is 0. The third-order valence-corrected chi connectivity index (χ3v) is 4.37. The minimum absolute atomic E-state index is 0.156. The van der Waals surface area contributed by atoms with Crippen molar-refractivity contribution in [3.63, 3.8) is 0 Å². The van der Waals surface area contributed by atoms with Gasteiger partial charge in [-0.25, -0.2) is 9.59 Å². The molecule has 1 aliphatic carbocycles. The fraction of sp³-hybridized carbons (Fsp3) is 0.857. The maximum absolute atomic E-state index is 11.9. The van der Waals surface area contributed by atoms with Crippen LogP contribution in [0.25, 0.3) is 0 Å². The van der Waals surface area contributed by atoms with Crippen LogP contribution in [0.1, 0.15) is 39.5 Å². The third-order valence-electron chi connectivity index (χ3n) is 3.73. The van der Waals surface area contributed by atoms with Crippen molar-refractivity contribution in [2.24, 2.45) is 11.8 Å². The fourth-order valence-corrected chi connectivity index (χ4v) is 3.41. The SMILES string of the molecule is CSCC[C@H](NC(=O)NC1CC(C)CC(C)C1)C(=O)O. The van der Waals surface area contributed by atoms with Gasteiger partial charge >= 0.3 is 12.0 Å². The van der Waals surface area contributed by atoms with E-state index in [0.717, 1.165) is 18.6 Å². The van der Waals surface area contributed by atoms with Crippen LogP contribution in [0.5, 0.6) is 0 Å². The van der Waals surface area contributed by atoms with Gasteiger partial charge in [0.1, 0.15) is 6.04 Å². The number of amides is 2. The van der Waals surface area contributed by atoms with E-state index in [-0.39, 0.29) is 12.1 Å². The first-order valence-electron chi connectivity index (χ1n) is 7.21. The maximum Gasteiger partial charge on any atom is 0.326 e. The topological polar surface area (TPSA) is 78.4 Å². The van der Waals surface area contributed by atoms with Gasteiger partial charge < -0.3 is 15.7 Å². The summed E-state index contributed by atoms with van der Waals surface area (Å²) in [6.07, 6.45) is 5.51. The largest absolute Gasteiger partial charge is 0.480 e. The van der Waals surface area contributed by atoms with Crippen molar-refractivity contribution in [2.45, 2.75) is 51.6 Å². The summed E-state index contributed by atoms with van der Waals surface area (Å²) < 4.78 is 0. The van der Waals surface area contributed by atoms with Crippen molar-refractivity contribution in [1.82, 2.24) is 10.6 Å². The molecule has 1 fully saturated rings. The Morgan fingerprint density at radius 2 is 1.85 bits per heavy atom. The highest BCUT2D eigenvalue weighted by atomic mass is 32.2. The molecular weight excluding hydrogens is 276 g/mol. The molecule has 3 N–H and O–H groups in total. The van der Waals surface area contributed by atoms with Gasteiger partial charge in [-0.15, -0.1) is 0 Å². The lowest BCUT2D eigenvalue weighted by molar-refractivity contribution is -0.139. The molecule has 0 aliphatic heterocycles. The zero-order valence-corrected chi connectivity index (χ0v) is 13.3. The molecule has 2 unspecified atom stereocenters. The number of aliphatic carboxylic acids is 1. The molecule has 2 amide bonds.